The van der Waals surface area contributed by atoms with Crippen molar-refractivity contribution in [3.63, 3.8) is 0 Å². The van der Waals surface area contributed by atoms with E-state index < -0.39 is 0 Å². The second-order valence-electron chi connectivity index (χ2n) is 3.39. The number of fused-ring (bicyclic) bond motifs is 1. The quantitative estimate of drug-likeness (QED) is 0.575. The molecular formula is C13H13NaO2. The van der Waals surface area contributed by atoms with Crippen molar-refractivity contribution in [2.75, 3.05) is 7.11 Å². The van der Waals surface area contributed by atoms with Crippen LogP contribution in [-0.2, 0) is 16.0 Å². The summed E-state index contributed by atoms with van der Waals surface area (Å²) in [6.45, 7) is 0. The van der Waals surface area contributed by atoms with Crippen molar-refractivity contribution in [3.8, 4) is 0 Å². The van der Waals surface area contributed by atoms with Gasteiger partial charge in [-0.25, -0.2) is 0 Å². The van der Waals surface area contributed by atoms with Gasteiger partial charge in [0.25, 0.3) is 0 Å². The molecule has 0 N–H and O–H groups in total. The average Bonchev–Trinajstić information content (AvgIpc) is 2.29. The normalized spacial score (nSPS) is 9.56. The van der Waals surface area contributed by atoms with Crippen LogP contribution in [0, 0.1) is 0 Å². The van der Waals surface area contributed by atoms with Gasteiger partial charge in [0.05, 0.1) is 13.5 Å². The van der Waals surface area contributed by atoms with Gasteiger partial charge < -0.3 is 4.74 Å². The molecule has 0 aromatic heterocycles. The Hall–Kier alpha value is -0.830. The van der Waals surface area contributed by atoms with E-state index in [1.54, 1.807) is 0 Å². The summed E-state index contributed by atoms with van der Waals surface area (Å²) in [5, 5.41) is 2.27. The topological polar surface area (TPSA) is 26.3 Å². The molecule has 0 amide bonds. The van der Waals surface area contributed by atoms with E-state index in [0.717, 1.165) is 16.3 Å². The van der Waals surface area contributed by atoms with Crippen LogP contribution in [0.1, 0.15) is 5.56 Å². The minimum absolute atomic E-state index is 0. The molecule has 0 aliphatic rings. The fourth-order valence-electron chi connectivity index (χ4n) is 1.67. The first-order valence-corrected chi connectivity index (χ1v) is 4.84. The molecule has 0 saturated carbocycles. The molecule has 0 fully saturated rings. The molecule has 3 heteroatoms. The predicted molar refractivity (Wildman–Crippen MR) is 66.8 cm³/mol. The average molecular weight is 224 g/mol. The van der Waals surface area contributed by atoms with Crippen molar-refractivity contribution < 1.29 is 9.53 Å². The first kappa shape index (κ1) is 13.2. The molecule has 2 rings (SSSR count). The van der Waals surface area contributed by atoms with Gasteiger partial charge in [0.1, 0.15) is 0 Å². The molecule has 2 aromatic carbocycles. The molecule has 2 aromatic rings. The maximum atomic E-state index is 11.2. The van der Waals surface area contributed by atoms with E-state index in [0.29, 0.717) is 6.42 Å². The Labute approximate surface area is 117 Å². The Morgan fingerprint density at radius 2 is 1.81 bits per heavy atom. The zero-order chi connectivity index (χ0) is 10.7. The maximum absolute atomic E-state index is 11.2. The molecule has 0 bridgehead atoms. The fourth-order valence-corrected chi connectivity index (χ4v) is 1.67. The van der Waals surface area contributed by atoms with Gasteiger partial charge >= 0.3 is 35.5 Å². The number of esters is 1. The van der Waals surface area contributed by atoms with Gasteiger partial charge in [0.2, 0.25) is 0 Å². The molecule has 0 atom stereocenters. The number of hydrogen-bond donors (Lipinski definition) is 0. The fraction of sp³-hybridized carbons (Fsp3) is 0.154. The third kappa shape index (κ3) is 2.85. The molecule has 0 radical (unpaired) electrons. The molecule has 0 saturated heterocycles. The molecule has 2 nitrogen and oxygen atoms in total. The summed E-state index contributed by atoms with van der Waals surface area (Å²) in [5.41, 5.74) is 1.01. The van der Waals surface area contributed by atoms with E-state index in [1.807, 2.05) is 42.5 Å². The molecule has 0 spiro atoms. The van der Waals surface area contributed by atoms with Crippen LogP contribution in [0.25, 0.3) is 10.8 Å². The number of benzene rings is 2. The minimum atomic E-state index is -0.202. The van der Waals surface area contributed by atoms with Crippen LogP contribution in [0.5, 0.6) is 0 Å². The third-order valence-corrected chi connectivity index (χ3v) is 2.44. The summed E-state index contributed by atoms with van der Waals surface area (Å²) in [7, 11) is 1.41. The Morgan fingerprint density at radius 3 is 2.56 bits per heavy atom. The zero-order valence-electron chi connectivity index (χ0n) is 8.57. The number of rotatable bonds is 2. The van der Waals surface area contributed by atoms with Crippen LogP contribution in [-0.4, -0.2) is 42.6 Å². The number of hydrogen-bond acceptors (Lipinski definition) is 2. The van der Waals surface area contributed by atoms with Crippen LogP contribution in [0.2, 0.25) is 0 Å². The summed E-state index contributed by atoms with van der Waals surface area (Å²) in [4.78, 5) is 11.2. The van der Waals surface area contributed by atoms with Crippen LogP contribution < -0.4 is 0 Å². The molecular weight excluding hydrogens is 211 g/mol. The Kier molecular flexibility index (Phi) is 5.00. The van der Waals surface area contributed by atoms with Gasteiger partial charge in [-0.15, -0.1) is 0 Å². The van der Waals surface area contributed by atoms with Gasteiger partial charge in [0, 0.05) is 0 Å². The van der Waals surface area contributed by atoms with Gasteiger partial charge in [-0.2, -0.15) is 0 Å². The van der Waals surface area contributed by atoms with Crippen LogP contribution in [0.15, 0.2) is 42.5 Å². The second kappa shape index (κ2) is 6.04. The molecule has 0 aliphatic carbocycles. The standard InChI is InChI=1S/C13H12O2.Na.H/c1-15-13(14)9-11-7-4-6-10-5-2-3-8-12(10)11;;/h2-8H,9H2,1H3;;. The van der Waals surface area contributed by atoms with Gasteiger partial charge in [-0.3, -0.25) is 4.79 Å². The summed E-state index contributed by atoms with van der Waals surface area (Å²) < 4.78 is 4.66. The van der Waals surface area contributed by atoms with E-state index in [4.69, 9.17) is 0 Å². The van der Waals surface area contributed by atoms with Gasteiger partial charge in [-0.1, -0.05) is 42.5 Å². The van der Waals surface area contributed by atoms with Crippen LogP contribution in [0.4, 0.5) is 0 Å². The van der Waals surface area contributed by atoms with Gasteiger partial charge in [-0.05, 0) is 16.3 Å². The number of methoxy groups -OCH3 is 1. The second-order valence-corrected chi connectivity index (χ2v) is 3.39. The number of ether oxygens (including phenoxy) is 1. The van der Waals surface area contributed by atoms with Crippen molar-refractivity contribution in [2.24, 2.45) is 0 Å². The number of carbonyl (C=O) groups excluding carboxylic acids is 1. The first-order valence-electron chi connectivity index (χ1n) is 4.84. The van der Waals surface area contributed by atoms with Crippen molar-refractivity contribution in [2.45, 2.75) is 6.42 Å². The monoisotopic (exact) mass is 224 g/mol. The molecule has 0 heterocycles. The van der Waals surface area contributed by atoms with Crippen molar-refractivity contribution in [1.29, 1.82) is 0 Å². The third-order valence-electron chi connectivity index (χ3n) is 2.44. The first-order chi connectivity index (χ1) is 7.31. The van der Waals surface area contributed by atoms with Crippen molar-refractivity contribution >= 4 is 46.3 Å². The summed E-state index contributed by atoms with van der Waals surface area (Å²) in [6, 6.07) is 14.0. The zero-order valence-corrected chi connectivity index (χ0v) is 8.57. The predicted octanol–water partition coefficient (Wildman–Crippen LogP) is 1.91. The van der Waals surface area contributed by atoms with Crippen molar-refractivity contribution in [3.05, 3.63) is 48.0 Å². The Morgan fingerprint density at radius 1 is 1.12 bits per heavy atom. The Balaban J connectivity index is 0.00000128. The molecule has 0 aliphatic heterocycles. The SMILES string of the molecule is COC(=O)Cc1cccc2ccccc12.[NaH]. The van der Waals surface area contributed by atoms with E-state index in [-0.39, 0.29) is 35.5 Å². The Bertz CT molecular complexity index is 489. The summed E-state index contributed by atoms with van der Waals surface area (Å²) in [6.07, 6.45) is 0.331. The van der Waals surface area contributed by atoms with Crippen LogP contribution in [0.3, 0.4) is 0 Å². The molecule has 78 valence electrons. The van der Waals surface area contributed by atoms with Gasteiger partial charge in [0.15, 0.2) is 0 Å². The van der Waals surface area contributed by atoms with E-state index in [9.17, 15) is 4.79 Å². The molecule has 16 heavy (non-hydrogen) atoms. The summed E-state index contributed by atoms with van der Waals surface area (Å²) in [5.74, 6) is -0.202. The summed E-state index contributed by atoms with van der Waals surface area (Å²) >= 11 is 0. The molecule has 0 unspecified atom stereocenters. The van der Waals surface area contributed by atoms with Crippen LogP contribution >= 0.6 is 0 Å². The van der Waals surface area contributed by atoms with E-state index >= 15 is 0 Å². The van der Waals surface area contributed by atoms with E-state index in [2.05, 4.69) is 4.74 Å². The number of carbonyl (C=O) groups is 1. The van der Waals surface area contributed by atoms with E-state index in [1.165, 1.54) is 7.11 Å². The van der Waals surface area contributed by atoms with Crippen molar-refractivity contribution in [1.82, 2.24) is 0 Å².